The molecule has 2 aliphatic heterocycles. The normalized spacial score (nSPS) is 26.0. The predicted molar refractivity (Wildman–Crippen MR) is 196 cm³/mol. The minimum Gasteiger partial charge on any atom is -0.483 e. The largest absolute Gasteiger partial charge is 0.483 e. The number of anilines is 2. The molecular formula is C36H29Br2N3O7S2. The first-order chi connectivity index (χ1) is 24.1. The number of ether oxygens (including phenoxy) is 2. The molecule has 4 aromatic rings. The van der Waals surface area contributed by atoms with Crippen molar-refractivity contribution in [2.75, 3.05) is 23.4 Å². The molecule has 3 amide bonds. The topological polar surface area (TPSA) is 135 Å². The highest BCUT2D eigenvalue weighted by atomic mass is 79.9. The molecule has 3 heterocycles. The van der Waals surface area contributed by atoms with Gasteiger partial charge >= 0.3 is 10.8 Å². The number of esters is 1. The average Bonchev–Trinajstić information content (AvgIpc) is 3.84. The summed E-state index contributed by atoms with van der Waals surface area (Å²) in [7, 11) is 0. The van der Waals surface area contributed by atoms with Crippen LogP contribution < -0.4 is 19.8 Å². The van der Waals surface area contributed by atoms with Gasteiger partial charge in [0.2, 0.25) is 11.8 Å². The van der Waals surface area contributed by atoms with Crippen LogP contribution in [0.5, 0.6) is 5.75 Å². The van der Waals surface area contributed by atoms with Crippen LogP contribution in [0.25, 0.3) is 0 Å². The lowest BCUT2D eigenvalue weighted by molar-refractivity contribution is -0.123. The number of carbonyl (C=O) groups excluding carboxylic acids is 4. The van der Waals surface area contributed by atoms with Gasteiger partial charge in [-0.15, -0.1) is 11.8 Å². The van der Waals surface area contributed by atoms with E-state index >= 15 is 0 Å². The summed E-state index contributed by atoms with van der Waals surface area (Å²) in [6, 6.07) is 19.3. The van der Waals surface area contributed by atoms with Gasteiger partial charge in [0.05, 0.1) is 34.7 Å². The van der Waals surface area contributed by atoms with Gasteiger partial charge in [0.25, 0.3) is 5.91 Å². The van der Waals surface area contributed by atoms with Crippen molar-refractivity contribution in [1.82, 2.24) is 4.98 Å². The smallest absolute Gasteiger partial charge is 0.338 e. The van der Waals surface area contributed by atoms with Crippen LogP contribution in [0.4, 0.5) is 11.4 Å². The third kappa shape index (κ3) is 5.64. The summed E-state index contributed by atoms with van der Waals surface area (Å²) >= 11 is 9.84. The lowest BCUT2D eigenvalue weighted by atomic mass is 9.68. The van der Waals surface area contributed by atoms with Crippen molar-refractivity contribution in [3.05, 3.63) is 101 Å². The molecule has 2 N–H and O–H groups in total. The van der Waals surface area contributed by atoms with Crippen molar-refractivity contribution in [3.8, 4) is 5.75 Å². The Morgan fingerprint density at radius 2 is 1.64 bits per heavy atom. The maximum absolute atomic E-state index is 14.1. The molecule has 8 rings (SSSR count). The number of benzene rings is 3. The lowest BCUT2D eigenvalue weighted by Gasteiger charge is -2.43. The first-order valence-corrected chi connectivity index (χ1v) is 19.4. The van der Waals surface area contributed by atoms with Crippen LogP contribution in [0.2, 0.25) is 0 Å². The molecule has 1 saturated heterocycles. The molecule has 256 valence electrons. The van der Waals surface area contributed by atoms with Gasteiger partial charge in [-0.1, -0.05) is 43.2 Å². The van der Waals surface area contributed by atoms with Crippen LogP contribution in [0.15, 0.2) is 85.5 Å². The summed E-state index contributed by atoms with van der Waals surface area (Å²) in [5.74, 6) is -1.97. The number of aromatic amines is 1. The quantitative estimate of drug-likeness (QED) is 0.146. The molecule has 50 heavy (non-hydrogen) atoms. The summed E-state index contributed by atoms with van der Waals surface area (Å²) in [5, 5.41) is 3.59. The molecule has 2 bridgehead atoms. The molecule has 4 aliphatic rings. The van der Waals surface area contributed by atoms with Crippen molar-refractivity contribution >= 4 is 90.0 Å². The minimum absolute atomic E-state index is 0.00155. The van der Waals surface area contributed by atoms with E-state index < -0.39 is 23.7 Å². The first-order valence-electron chi connectivity index (χ1n) is 16.1. The number of hydrogen-bond donors (Lipinski definition) is 2. The summed E-state index contributed by atoms with van der Waals surface area (Å²) in [6.07, 6.45) is 0.751. The lowest BCUT2D eigenvalue weighted by Crippen LogP contribution is -2.42. The Balaban J connectivity index is 1.08. The van der Waals surface area contributed by atoms with E-state index in [1.807, 2.05) is 30.3 Å². The van der Waals surface area contributed by atoms with Crippen LogP contribution in [0.1, 0.15) is 40.1 Å². The van der Waals surface area contributed by atoms with E-state index in [1.165, 1.54) is 4.90 Å². The van der Waals surface area contributed by atoms with E-state index in [2.05, 4.69) is 42.2 Å². The van der Waals surface area contributed by atoms with Crippen LogP contribution in [-0.4, -0.2) is 47.1 Å². The van der Waals surface area contributed by atoms with Crippen molar-refractivity contribution in [2.45, 2.75) is 29.5 Å². The molecule has 1 aromatic heterocycles. The van der Waals surface area contributed by atoms with Crippen molar-refractivity contribution in [2.24, 2.45) is 29.6 Å². The second-order valence-electron chi connectivity index (χ2n) is 12.8. The van der Waals surface area contributed by atoms with Crippen molar-refractivity contribution in [3.63, 3.8) is 0 Å². The molecule has 10 nitrogen and oxygen atoms in total. The summed E-state index contributed by atoms with van der Waals surface area (Å²) in [4.78, 5) is 71.0. The van der Waals surface area contributed by atoms with Crippen LogP contribution in [0, 0.1) is 29.6 Å². The molecule has 3 aromatic carbocycles. The van der Waals surface area contributed by atoms with E-state index in [0.29, 0.717) is 22.7 Å². The Hall–Kier alpha value is -3.72. The Morgan fingerprint density at radius 3 is 2.36 bits per heavy atom. The second-order valence-corrected chi connectivity index (χ2v) is 16.8. The monoisotopic (exact) mass is 837 g/mol. The maximum Gasteiger partial charge on any atom is 0.338 e. The molecule has 0 spiro atoms. The number of halogens is 2. The van der Waals surface area contributed by atoms with Crippen LogP contribution in [0.3, 0.4) is 0 Å². The predicted octanol–water partition coefficient (Wildman–Crippen LogP) is 6.83. The fourth-order valence-electron chi connectivity index (χ4n) is 8.35. The zero-order valence-electron chi connectivity index (χ0n) is 26.4. The highest BCUT2D eigenvalue weighted by molar-refractivity contribution is 9.10. The van der Waals surface area contributed by atoms with Crippen LogP contribution in [-0.2, 0) is 19.1 Å². The van der Waals surface area contributed by atoms with E-state index in [1.54, 1.807) is 55.1 Å². The van der Waals surface area contributed by atoms with Gasteiger partial charge in [-0.2, -0.15) is 0 Å². The number of carbonyl (C=O) groups is 4. The van der Waals surface area contributed by atoms with Crippen molar-refractivity contribution in [1.29, 1.82) is 0 Å². The Kier molecular flexibility index (Phi) is 8.77. The Labute approximate surface area is 311 Å². The molecule has 2 saturated carbocycles. The first kappa shape index (κ1) is 33.4. The molecule has 7 atom stereocenters. The van der Waals surface area contributed by atoms with E-state index in [0.717, 1.165) is 42.2 Å². The molecule has 14 heteroatoms. The average molecular weight is 840 g/mol. The van der Waals surface area contributed by atoms with Gasteiger partial charge in [-0.05, 0) is 97.8 Å². The highest BCUT2D eigenvalue weighted by Gasteiger charge is 2.69. The summed E-state index contributed by atoms with van der Waals surface area (Å²) in [6.45, 7) is 1.72. The third-order valence-corrected chi connectivity index (χ3v) is 13.8. The SMILES string of the molecule is CCOC(=O)c1ccc(NC(=O)COc2ccc(Br)cc2[C@@H]2c3sc(=O)[nH]c3S[C@@H]3[C@@H]4C[C@@H]([C@@H]5C(=O)N(c6ccc(Br)cc6)C(=O)[C@@H]45)[C@H]23)cc1. The van der Waals surface area contributed by atoms with Gasteiger partial charge in [0, 0.05) is 36.2 Å². The Morgan fingerprint density at radius 1 is 0.940 bits per heavy atom. The summed E-state index contributed by atoms with van der Waals surface area (Å²) in [5.41, 5.74) is 2.26. The van der Waals surface area contributed by atoms with Crippen LogP contribution >= 0.6 is 55.0 Å². The summed E-state index contributed by atoms with van der Waals surface area (Å²) < 4.78 is 12.9. The molecular weight excluding hydrogens is 810 g/mol. The molecule has 0 radical (unpaired) electrons. The van der Waals surface area contributed by atoms with Gasteiger partial charge in [0.1, 0.15) is 5.75 Å². The fraction of sp³-hybridized carbons (Fsp3) is 0.306. The van der Waals surface area contributed by atoms with Crippen molar-refractivity contribution < 1.29 is 28.7 Å². The minimum atomic E-state index is -0.449. The number of hydrogen-bond acceptors (Lipinski definition) is 9. The molecule has 0 unspecified atom stereocenters. The second kappa shape index (κ2) is 13.1. The van der Waals surface area contributed by atoms with Gasteiger partial charge < -0.3 is 19.8 Å². The van der Waals surface area contributed by atoms with Gasteiger partial charge in [0.15, 0.2) is 6.61 Å². The number of amides is 3. The van der Waals surface area contributed by atoms with E-state index in [9.17, 15) is 24.0 Å². The fourth-order valence-corrected chi connectivity index (χ4v) is 11.9. The van der Waals surface area contributed by atoms with E-state index in [4.69, 9.17) is 9.47 Å². The number of thioether (sulfide) groups is 1. The standard InChI is InChI=1S/C36H29Br2N3O7S2/c1-2-47-35(45)16-3-8-19(9-4-16)39-25(42)15-48-24-12-7-18(38)13-21(24)26-27-22-14-23(30(27)49-32-31(26)50-36(46)40-32)29-28(22)33(43)41(34(29)44)20-10-5-17(37)6-11-20/h3-13,22-23,26-30H,2,14-15H2,1H3,(H,39,42)(H,40,46)/t22-,23-,26+,27-,28+,29+,30-/m1/s1. The third-order valence-electron chi connectivity index (χ3n) is 10.2. The zero-order chi connectivity index (χ0) is 34.8. The number of nitrogens with one attached hydrogen (secondary N) is 2. The number of H-pyrrole nitrogens is 1. The Bertz CT molecular complexity index is 2100. The number of rotatable bonds is 8. The zero-order valence-corrected chi connectivity index (χ0v) is 31.2. The number of aromatic nitrogens is 1. The number of imide groups is 1. The molecule has 3 fully saturated rings. The molecule has 2 aliphatic carbocycles. The number of nitrogens with zero attached hydrogens (tertiary/aromatic N) is 1. The highest BCUT2D eigenvalue weighted by Crippen LogP contribution is 2.69. The maximum atomic E-state index is 14.1. The van der Waals surface area contributed by atoms with Gasteiger partial charge in [-0.25, -0.2) is 4.79 Å². The number of thiazole rings is 1. The van der Waals surface area contributed by atoms with Gasteiger partial charge in [-0.3, -0.25) is 24.1 Å². The van der Waals surface area contributed by atoms with E-state index in [-0.39, 0.29) is 58.8 Å². The number of fused-ring (bicyclic) bond motifs is 9.